The first-order valence-electron chi connectivity index (χ1n) is 7.42. The molecule has 0 saturated carbocycles. The first-order valence-corrected chi connectivity index (χ1v) is 8.67. The predicted molar refractivity (Wildman–Crippen MR) is 93.2 cm³/mol. The summed E-state index contributed by atoms with van der Waals surface area (Å²) in [5.41, 5.74) is 4.66. The van der Waals surface area contributed by atoms with Crippen molar-refractivity contribution in [2.24, 2.45) is 0 Å². The lowest BCUT2D eigenvalue weighted by molar-refractivity contribution is 0.331. The predicted octanol–water partition coefficient (Wildman–Crippen LogP) is 5.76. The van der Waals surface area contributed by atoms with Gasteiger partial charge in [0.15, 0.2) is 0 Å². The van der Waals surface area contributed by atoms with E-state index in [1.165, 1.54) is 11.1 Å². The van der Waals surface area contributed by atoms with E-state index < -0.39 is 8.38 Å². The van der Waals surface area contributed by atoms with Gasteiger partial charge in [-0.1, -0.05) is 60.2 Å². The molecular formula is C19H19O2P. The smallest absolute Gasteiger partial charge is 0.257 e. The van der Waals surface area contributed by atoms with Crippen molar-refractivity contribution in [1.29, 1.82) is 0 Å². The topological polar surface area (TPSA) is 18.5 Å². The maximum atomic E-state index is 6.03. The number of hydrogen-bond donors (Lipinski definition) is 0. The Morgan fingerprint density at radius 1 is 0.955 bits per heavy atom. The Bertz CT molecular complexity index is 687. The highest BCUT2D eigenvalue weighted by molar-refractivity contribution is 7.51. The third kappa shape index (κ3) is 3.47. The van der Waals surface area contributed by atoms with Crippen molar-refractivity contribution in [2.45, 2.75) is 13.8 Å². The Morgan fingerprint density at radius 2 is 1.68 bits per heavy atom. The van der Waals surface area contributed by atoms with Crippen molar-refractivity contribution in [1.82, 2.24) is 0 Å². The fourth-order valence-electron chi connectivity index (χ4n) is 2.27. The molecule has 1 atom stereocenters. The van der Waals surface area contributed by atoms with Gasteiger partial charge in [0.2, 0.25) is 0 Å². The van der Waals surface area contributed by atoms with Crippen molar-refractivity contribution in [3.8, 4) is 0 Å². The zero-order valence-electron chi connectivity index (χ0n) is 12.8. The first kappa shape index (κ1) is 15.0. The minimum absolute atomic E-state index is 0.644. The highest BCUT2D eigenvalue weighted by atomic mass is 31.2. The van der Waals surface area contributed by atoms with E-state index in [1.54, 1.807) is 0 Å². The molecule has 112 valence electrons. The van der Waals surface area contributed by atoms with Crippen molar-refractivity contribution < 1.29 is 9.05 Å². The molecule has 0 spiro atoms. The molecule has 0 aliphatic carbocycles. The van der Waals surface area contributed by atoms with Gasteiger partial charge in [0.1, 0.15) is 5.76 Å². The lowest BCUT2D eigenvalue weighted by Gasteiger charge is -2.22. The van der Waals surface area contributed by atoms with E-state index in [-0.39, 0.29) is 0 Å². The Hall–Kier alpha value is -1.89. The van der Waals surface area contributed by atoms with Crippen LogP contribution in [0.4, 0.5) is 0 Å². The van der Waals surface area contributed by atoms with Gasteiger partial charge in [0.05, 0.1) is 6.61 Å². The molecule has 0 aromatic heterocycles. The van der Waals surface area contributed by atoms with E-state index in [0.29, 0.717) is 6.61 Å². The summed E-state index contributed by atoms with van der Waals surface area (Å²) < 4.78 is 11.8. The fourth-order valence-corrected chi connectivity index (χ4v) is 3.51. The summed E-state index contributed by atoms with van der Waals surface area (Å²) in [5, 5.41) is 0. The van der Waals surface area contributed by atoms with Crippen LogP contribution in [-0.4, -0.2) is 6.61 Å². The second-order valence-corrected chi connectivity index (χ2v) is 6.39. The van der Waals surface area contributed by atoms with Crippen LogP contribution >= 0.6 is 8.38 Å². The largest absolute Gasteiger partial charge is 0.444 e. The minimum Gasteiger partial charge on any atom is -0.444 e. The molecule has 0 radical (unpaired) electrons. The molecule has 0 fully saturated rings. The molecule has 3 rings (SSSR count). The number of rotatable bonds is 4. The van der Waals surface area contributed by atoms with Gasteiger partial charge in [-0.25, -0.2) is 0 Å². The summed E-state index contributed by atoms with van der Waals surface area (Å²) in [5.74, 6) is 2.96. The molecule has 2 aromatic carbocycles. The average molecular weight is 310 g/mol. The van der Waals surface area contributed by atoms with Crippen LogP contribution in [-0.2, 0) is 9.05 Å². The molecule has 1 unspecified atom stereocenters. The zero-order chi connectivity index (χ0) is 15.4. The van der Waals surface area contributed by atoms with Gasteiger partial charge in [0.25, 0.3) is 8.38 Å². The first-order chi connectivity index (χ1) is 10.8. The summed E-state index contributed by atoms with van der Waals surface area (Å²) >= 11 is 0. The lowest BCUT2D eigenvalue weighted by Crippen LogP contribution is -1.97. The molecule has 1 aliphatic rings. The summed E-state index contributed by atoms with van der Waals surface area (Å²) in [6.07, 6.45) is 2.10. The Balaban J connectivity index is 1.97. The van der Waals surface area contributed by atoms with Gasteiger partial charge in [-0.05, 0) is 31.1 Å². The van der Waals surface area contributed by atoms with Crippen LogP contribution in [0.2, 0.25) is 0 Å². The molecule has 3 heteroatoms. The molecule has 2 nitrogen and oxygen atoms in total. The maximum absolute atomic E-state index is 6.03. The van der Waals surface area contributed by atoms with Crippen LogP contribution in [0.1, 0.15) is 23.6 Å². The Labute approximate surface area is 133 Å². The van der Waals surface area contributed by atoms with E-state index in [0.717, 1.165) is 16.9 Å². The normalized spacial score (nSPS) is 17.5. The number of aryl methyl sites for hydroxylation is 1. The van der Waals surface area contributed by atoms with Crippen LogP contribution in [0.25, 0.3) is 11.3 Å². The highest BCUT2D eigenvalue weighted by Crippen LogP contribution is 2.50. The van der Waals surface area contributed by atoms with Gasteiger partial charge in [-0.3, -0.25) is 0 Å². The van der Waals surface area contributed by atoms with Crippen molar-refractivity contribution in [3.63, 3.8) is 0 Å². The van der Waals surface area contributed by atoms with E-state index in [2.05, 4.69) is 55.2 Å². The molecule has 0 saturated heterocycles. The number of benzene rings is 2. The van der Waals surface area contributed by atoms with Crippen molar-refractivity contribution >= 4 is 19.7 Å². The SMILES string of the molecule is CCOP1C=C(c2ccccc2)C=C(c2ccc(C)cc2)O1. The average Bonchev–Trinajstić information content (AvgIpc) is 2.56. The van der Waals surface area contributed by atoms with Crippen LogP contribution in [0, 0.1) is 6.92 Å². The Morgan fingerprint density at radius 3 is 2.36 bits per heavy atom. The fraction of sp³-hybridized carbons (Fsp3) is 0.158. The van der Waals surface area contributed by atoms with Gasteiger partial charge in [-0.2, -0.15) is 0 Å². The molecule has 1 heterocycles. The number of allylic oxidation sites excluding steroid dienone is 2. The van der Waals surface area contributed by atoms with E-state index in [1.807, 2.05) is 25.1 Å². The van der Waals surface area contributed by atoms with Gasteiger partial charge < -0.3 is 9.05 Å². The Kier molecular flexibility index (Phi) is 4.72. The van der Waals surface area contributed by atoms with Gasteiger partial charge in [0, 0.05) is 11.4 Å². The summed E-state index contributed by atoms with van der Waals surface area (Å²) in [6.45, 7) is 4.72. The molecule has 2 aromatic rings. The zero-order valence-corrected chi connectivity index (χ0v) is 13.7. The minimum atomic E-state index is -1.04. The monoisotopic (exact) mass is 310 g/mol. The molecular weight excluding hydrogens is 291 g/mol. The molecule has 22 heavy (non-hydrogen) atoms. The van der Waals surface area contributed by atoms with E-state index in [4.69, 9.17) is 9.05 Å². The molecule has 0 amide bonds. The van der Waals surface area contributed by atoms with Crippen molar-refractivity contribution in [2.75, 3.05) is 6.61 Å². The van der Waals surface area contributed by atoms with Gasteiger partial charge >= 0.3 is 0 Å². The van der Waals surface area contributed by atoms with E-state index >= 15 is 0 Å². The second-order valence-electron chi connectivity index (χ2n) is 5.12. The third-order valence-corrected chi connectivity index (χ3v) is 4.80. The highest BCUT2D eigenvalue weighted by Gasteiger charge is 2.19. The maximum Gasteiger partial charge on any atom is 0.257 e. The molecule has 0 bridgehead atoms. The third-order valence-electron chi connectivity index (χ3n) is 3.42. The van der Waals surface area contributed by atoms with Crippen molar-refractivity contribution in [3.05, 3.63) is 83.2 Å². The van der Waals surface area contributed by atoms with Crippen LogP contribution in [0.15, 0.2) is 66.5 Å². The summed E-state index contributed by atoms with van der Waals surface area (Å²) in [7, 11) is -1.04. The summed E-state index contributed by atoms with van der Waals surface area (Å²) in [6, 6.07) is 18.7. The molecule has 1 aliphatic heterocycles. The molecule has 0 N–H and O–H groups in total. The standard InChI is InChI=1S/C19H19O2P/c1-3-20-22-14-18(16-7-5-4-6-8-16)13-19(21-22)17-11-9-15(2)10-12-17/h4-14H,3H2,1-2H3. The number of hydrogen-bond acceptors (Lipinski definition) is 2. The van der Waals surface area contributed by atoms with Gasteiger partial charge in [-0.15, -0.1) is 0 Å². The van der Waals surface area contributed by atoms with Crippen LogP contribution in [0.3, 0.4) is 0 Å². The second kappa shape index (κ2) is 6.91. The van der Waals surface area contributed by atoms with Crippen LogP contribution < -0.4 is 0 Å². The van der Waals surface area contributed by atoms with E-state index in [9.17, 15) is 0 Å². The quantitative estimate of drug-likeness (QED) is 0.669. The summed E-state index contributed by atoms with van der Waals surface area (Å²) in [4.78, 5) is 0. The lowest BCUT2D eigenvalue weighted by atomic mass is 10.0. The van der Waals surface area contributed by atoms with Crippen LogP contribution in [0.5, 0.6) is 0 Å².